The van der Waals surface area contributed by atoms with Crippen LogP contribution >= 0.6 is 0 Å². The molecular weight excluding hydrogens is 420 g/mol. The van der Waals surface area contributed by atoms with E-state index in [1.165, 1.54) is 4.57 Å². The Morgan fingerprint density at radius 1 is 1.32 bits per heavy atom. The highest BCUT2D eigenvalue weighted by atomic mass is 16.7. The van der Waals surface area contributed by atoms with Crippen LogP contribution in [0.25, 0.3) is 0 Å². The molecule has 1 aromatic rings. The molecule has 2 rings (SSSR count). The summed E-state index contributed by atoms with van der Waals surface area (Å²) in [5, 5.41) is 43.6. The van der Waals surface area contributed by atoms with Crippen LogP contribution in [0.1, 0.15) is 25.6 Å². The summed E-state index contributed by atoms with van der Waals surface area (Å²) >= 11 is 0. The third kappa shape index (κ3) is 6.33. The summed E-state index contributed by atoms with van der Waals surface area (Å²) in [5.74, 6) is -0.309. The lowest BCUT2D eigenvalue weighted by molar-refractivity contribution is -0.392. The highest BCUT2D eigenvalue weighted by Gasteiger charge is 2.45. The van der Waals surface area contributed by atoms with Crippen molar-refractivity contribution >= 4 is 17.9 Å². The Balaban J connectivity index is 1.80. The van der Waals surface area contributed by atoms with Crippen molar-refractivity contribution in [1.29, 1.82) is 0 Å². The van der Waals surface area contributed by atoms with Gasteiger partial charge >= 0.3 is 12.0 Å². The lowest BCUT2D eigenvalue weighted by Gasteiger charge is -2.40. The second-order valence-electron chi connectivity index (χ2n) is 6.87. The zero-order valence-electron chi connectivity index (χ0n) is 17.0. The van der Waals surface area contributed by atoms with Crippen molar-refractivity contribution in [1.82, 2.24) is 14.9 Å². The van der Waals surface area contributed by atoms with Crippen molar-refractivity contribution in [3.05, 3.63) is 22.1 Å². The fraction of sp³-hybridized carbons (Fsp3) is 0.706. The number of hydrogen-bond donors (Lipinski definition) is 4. The van der Waals surface area contributed by atoms with Gasteiger partial charge in [0.1, 0.15) is 50.3 Å². The lowest BCUT2D eigenvalue weighted by atomic mass is 9.97. The quantitative estimate of drug-likeness (QED) is 0.206. The number of carbonyl (C=O) groups excluding carboxylic acids is 2. The van der Waals surface area contributed by atoms with Crippen molar-refractivity contribution in [2.45, 2.75) is 63.9 Å². The van der Waals surface area contributed by atoms with Crippen LogP contribution in [-0.4, -0.2) is 85.7 Å². The molecule has 5 atom stereocenters. The van der Waals surface area contributed by atoms with Gasteiger partial charge in [-0.2, -0.15) is 0 Å². The van der Waals surface area contributed by atoms with Gasteiger partial charge in [0.25, 0.3) is 0 Å². The highest BCUT2D eigenvalue weighted by Crippen LogP contribution is 2.21. The highest BCUT2D eigenvalue weighted by molar-refractivity contribution is 5.76. The molecule has 0 aromatic carbocycles. The molecule has 1 aliphatic rings. The first-order chi connectivity index (χ1) is 14.6. The van der Waals surface area contributed by atoms with Crippen molar-refractivity contribution in [2.75, 3.05) is 13.2 Å². The Kier molecular flexibility index (Phi) is 8.67. The van der Waals surface area contributed by atoms with Gasteiger partial charge in [0.05, 0.1) is 0 Å². The molecular formula is C17H26N4O10. The van der Waals surface area contributed by atoms with E-state index in [0.29, 0.717) is 12.2 Å². The second-order valence-corrected chi connectivity index (χ2v) is 6.87. The molecule has 0 radical (unpaired) electrons. The molecule has 14 nitrogen and oxygen atoms in total. The molecule has 2 heterocycles. The zero-order valence-corrected chi connectivity index (χ0v) is 17.0. The normalized spacial score (nSPS) is 25.6. The average molecular weight is 446 g/mol. The first-order valence-electron chi connectivity index (χ1n) is 9.60. The van der Waals surface area contributed by atoms with E-state index >= 15 is 0 Å². The number of nitro groups is 1. The minimum absolute atomic E-state index is 0.0314. The number of nitrogens with one attached hydrogen (secondary N) is 1. The van der Waals surface area contributed by atoms with E-state index in [9.17, 15) is 35.0 Å². The molecule has 1 amide bonds. The molecule has 174 valence electrons. The van der Waals surface area contributed by atoms with Crippen molar-refractivity contribution in [3.63, 3.8) is 0 Å². The first kappa shape index (κ1) is 24.5. The Morgan fingerprint density at radius 3 is 2.68 bits per heavy atom. The number of imidazole rings is 1. The molecule has 1 unspecified atom stereocenters. The summed E-state index contributed by atoms with van der Waals surface area (Å²) < 4.78 is 16.0. The van der Waals surface area contributed by atoms with Crippen LogP contribution in [0, 0.1) is 17.0 Å². The van der Waals surface area contributed by atoms with E-state index in [0.717, 1.165) is 6.20 Å². The predicted molar refractivity (Wildman–Crippen MR) is 101 cm³/mol. The molecule has 1 aromatic heterocycles. The molecule has 1 fully saturated rings. The van der Waals surface area contributed by atoms with Gasteiger partial charge < -0.3 is 45.0 Å². The standard InChI is InChI=1S/C17H26N4O10/c1-3-4-11(22)19-13-15(24)14(23)10(31-16(13)25)8-30-17(26)29-6-5-20-9(2)18-7-12(20)21(27)28/h7,10,13-16,23-25H,3-6,8H2,1-2H3,(H,19,22)/t10-,13-,14-,15-,16?/m1/s1. The van der Waals surface area contributed by atoms with Crippen LogP contribution in [0.15, 0.2) is 6.20 Å². The van der Waals surface area contributed by atoms with E-state index in [1.54, 1.807) is 13.8 Å². The van der Waals surface area contributed by atoms with E-state index in [-0.39, 0.29) is 25.4 Å². The predicted octanol–water partition coefficient (Wildman–Crippen LogP) is -1.02. The smallest absolute Gasteiger partial charge is 0.431 e. The number of nitrogens with zero attached hydrogens (tertiary/aromatic N) is 3. The summed E-state index contributed by atoms with van der Waals surface area (Å²) in [6, 6.07) is -1.24. The SMILES string of the molecule is CCCC(=O)N[C@H]1C(O)O[C@H](COC(=O)OCCn2c([N+](=O)[O-])cnc2C)[C@@H](O)[C@@H]1O. The molecule has 4 N–H and O–H groups in total. The van der Waals surface area contributed by atoms with Crippen LogP contribution in [0.2, 0.25) is 0 Å². The van der Waals surface area contributed by atoms with E-state index < -0.39 is 54.2 Å². The largest absolute Gasteiger partial charge is 0.508 e. The minimum atomic E-state index is -1.63. The topological polar surface area (TPSA) is 196 Å². The molecule has 14 heteroatoms. The van der Waals surface area contributed by atoms with E-state index in [1.807, 2.05) is 0 Å². The van der Waals surface area contributed by atoms with Crippen molar-refractivity contribution < 1.29 is 44.0 Å². The lowest BCUT2D eigenvalue weighted by Crippen LogP contribution is -2.64. The zero-order chi connectivity index (χ0) is 23.1. The Hall–Kier alpha value is -2.81. The fourth-order valence-corrected chi connectivity index (χ4v) is 3.02. The number of rotatable bonds is 9. The van der Waals surface area contributed by atoms with Crippen LogP contribution in [-0.2, 0) is 25.5 Å². The number of aryl methyl sites for hydroxylation is 1. The summed E-state index contributed by atoms with van der Waals surface area (Å²) in [6.45, 7) is 2.51. The van der Waals surface area contributed by atoms with Gasteiger partial charge in [-0.05, 0) is 11.3 Å². The molecule has 1 aliphatic heterocycles. The fourth-order valence-electron chi connectivity index (χ4n) is 3.02. The van der Waals surface area contributed by atoms with Gasteiger partial charge in [0, 0.05) is 13.3 Å². The maximum Gasteiger partial charge on any atom is 0.508 e. The number of aliphatic hydroxyl groups is 3. The third-order valence-corrected chi connectivity index (χ3v) is 4.65. The van der Waals surface area contributed by atoms with Gasteiger partial charge in [0.15, 0.2) is 12.1 Å². The molecule has 1 saturated heterocycles. The minimum Gasteiger partial charge on any atom is -0.431 e. The van der Waals surface area contributed by atoms with Crippen LogP contribution < -0.4 is 5.32 Å². The average Bonchev–Trinajstić information content (AvgIpc) is 3.08. The first-order valence-corrected chi connectivity index (χ1v) is 9.60. The summed E-state index contributed by atoms with van der Waals surface area (Å²) in [6.07, 6.45) is -5.34. The Morgan fingerprint density at radius 2 is 2.03 bits per heavy atom. The van der Waals surface area contributed by atoms with Crippen LogP contribution in [0.4, 0.5) is 10.6 Å². The molecule has 0 saturated carbocycles. The third-order valence-electron chi connectivity index (χ3n) is 4.65. The number of ether oxygens (including phenoxy) is 3. The Bertz CT molecular complexity index is 785. The number of hydrogen-bond acceptors (Lipinski definition) is 11. The number of aromatic nitrogens is 2. The Labute approximate surface area is 176 Å². The number of carbonyl (C=O) groups is 2. The molecule has 0 bridgehead atoms. The van der Waals surface area contributed by atoms with Crippen LogP contribution in [0.3, 0.4) is 0 Å². The van der Waals surface area contributed by atoms with Gasteiger partial charge in [-0.25, -0.2) is 14.3 Å². The van der Waals surface area contributed by atoms with E-state index in [2.05, 4.69) is 10.3 Å². The summed E-state index contributed by atoms with van der Waals surface area (Å²) in [7, 11) is 0. The van der Waals surface area contributed by atoms with Gasteiger partial charge in [-0.15, -0.1) is 0 Å². The number of aliphatic hydroxyl groups excluding tert-OH is 3. The second kappa shape index (κ2) is 11.0. The molecule has 0 aliphatic carbocycles. The molecule has 31 heavy (non-hydrogen) atoms. The van der Waals surface area contributed by atoms with Gasteiger partial charge in [-0.3, -0.25) is 4.79 Å². The monoisotopic (exact) mass is 446 g/mol. The van der Waals surface area contributed by atoms with E-state index in [4.69, 9.17) is 14.2 Å². The number of amides is 1. The van der Waals surface area contributed by atoms with Gasteiger partial charge in [-0.1, -0.05) is 6.92 Å². The van der Waals surface area contributed by atoms with Gasteiger partial charge in [0.2, 0.25) is 5.91 Å². The summed E-state index contributed by atoms with van der Waals surface area (Å²) in [4.78, 5) is 37.5. The van der Waals surface area contributed by atoms with Crippen molar-refractivity contribution in [3.8, 4) is 0 Å². The van der Waals surface area contributed by atoms with Crippen LogP contribution in [0.5, 0.6) is 0 Å². The molecule has 0 spiro atoms. The summed E-state index contributed by atoms with van der Waals surface area (Å²) in [5.41, 5.74) is 0. The maximum absolute atomic E-state index is 11.7. The van der Waals surface area contributed by atoms with Crippen molar-refractivity contribution in [2.24, 2.45) is 0 Å². The maximum atomic E-state index is 11.7.